The number of carboxylic acids is 2. The molecule has 0 spiro atoms. The Morgan fingerprint density at radius 1 is 0.692 bits per heavy atom. The Kier molecular flexibility index (Phi) is 4.82. The van der Waals surface area contributed by atoms with Gasteiger partial charge in [-0.3, -0.25) is 0 Å². The van der Waals surface area contributed by atoms with Crippen LogP contribution in [0.3, 0.4) is 0 Å². The molecule has 0 aliphatic carbocycles. The lowest BCUT2D eigenvalue weighted by Gasteiger charge is -2.08. The highest BCUT2D eigenvalue weighted by atomic mass is 16.4. The Bertz CT molecular complexity index is 1040. The van der Waals surface area contributed by atoms with Crippen LogP contribution in [0.25, 0.3) is 11.1 Å². The van der Waals surface area contributed by atoms with E-state index in [0.29, 0.717) is 16.7 Å². The Balaban J connectivity index is 2.05. The van der Waals surface area contributed by atoms with Crippen molar-refractivity contribution in [2.24, 2.45) is 0 Å². The van der Waals surface area contributed by atoms with Crippen molar-refractivity contribution in [1.29, 1.82) is 0 Å². The molecule has 4 nitrogen and oxygen atoms in total. The van der Waals surface area contributed by atoms with Crippen LogP contribution in [0.5, 0.6) is 0 Å². The van der Waals surface area contributed by atoms with Crippen molar-refractivity contribution in [3.05, 3.63) is 95.1 Å². The third-order valence-corrected chi connectivity index (χ3v) is 3.80. The number of carboxylic acid groups (broad SMARTS) is 2. The predicted molar refractivity (Wildman–Crippen MR) is 98.2 cm³/mol. The molecule has 3 aromatic carbocycles. The number of benzene rings is 3. The Hall–Kier alpha value is -3.84. The lowest BCUT2D eigenvalue weighted by Crippen LogP contribution is -2.03. The van der Waals surface area contributed by atoms with Gasteiger partial charge in [0.25, 0.3) is 0 Å². The summed E-state index contributed by atoms with van der Waals surface area (Å²) < 4.78 is 0. The van der Waals surface area contributed by atoms with Crippen molar-refractivity contribution in [3.8, 4) is 23.0 Å². The van der Waals surface area contributed by atoms with Crippen LogP contribution in [0.4, 0.5) is 0 Å². The zero-order valence-electron chi connectivity index (χ0n) is 13.6. The second-order valence-corrected chi connectivity index (χ2v) is 5.57. The van der Waals surface area contributed by atoms with Gasteiger partial charge in [0.1, 0.15) is 0 Å². The van der Waals surface area contributed by atoms with Crippen LogP contribution in [0, 0.1) is 11.8 Å². The summed E-state index contributed by atoms with van der Waals surface area (Å²) >= 11 is 0. The molecule has 126 valence electrons. The van der Waals surface area contributed by atoms with E-state index in [1.807, 2.05) is 36.4 Å². The van der Waals surface area contributed by atoms with Gasteiger partial charge in [-0.05, 0) is 53.6 Å². The summed E-state index contributed by atoms with van der Waals surface area (Å²) in [5.41, 5.74) is 2.61. The molecule has 3 aromatic rings. The first-order valence-corrected chi connectivity index (χ1v) is 7.83. The summed E-state index contributed by atoms with van der Waals surface area (Å²) in [7, 11) is 0. The maximum absolute atomic E-state index is 11.5. The maximum Gasteiger partial charge on any atom is 0.336 e. The summed E-state index contributed by atoms with van der Waals surface area (Å²) in [6.45, 7) is 0. The van der Waals surface area contributed by atoms with E-state index >= 15 is 0 Å². The van der Waals surface area contributed by atoms with Gasteiger partial charge in [-0.25, -0.2) is 9.59 Å². The van der Waals surface area contributed by atoms with Gasteiger partial charge in [0, 0.05) is 11.1 Å². The van der Waals surface area contributed by atoms with Crippen molar-refractivity contribution >= 4 is 11.9 Å². The highest BCUT2D eigenvalue weighted by Crippen LogP contribution is 2.26. The fraction of sp³-hybridized carbons (Fsp3) is 0. The van der Waals surface area contributed by atoms with E-state index in [-0.39, 0.29) is 11.1 Å². The van der Waals surface area contributed by atoms with Crippen molar-refractivity contribution in [1.82, 2.24) is 0 Å². The average Bonchev–Trinajstić information content (AvgIpc) is 2.67. The van der Waals surface area contributed by atoms with E-state index < -0.39 is 11.9 Å². The van der Waals surface area contributed by atoms with E-state index in [4.69, 9.17) is 0 Å². The van der Waals surface area contributed by atoms with E-state index in [1.165, 1.54) is 18.2 Å². The lowest BCUT2D eigenvalue weighted by atomic mass is 9.96. The lowest BCUT2D eigenvalue weighted by molar-refractivity contribution is 0.0682. The highest BCUT2D eigenvalue weighted by Gasteiger charge is 2.15. The van der Waals surface area contributed by atoms with Crippen LogP contribution in [0.1, 0.15) is 31.8 Å². The summed E-state index contributed by atoms with van der Waals surface area (Å²) in [6, 6.07) is 20.6. The highest BCUT2D eigenvalue weighted by molar-refractivity contribution is 5.99. The second-order valence-electron chi connectivity index (χ2n) is 5.57. The average molecular weight is 342 g/mol. The minimum atomic E-state index is -1.11. The zero-order valence-corrected chi connectivity index (χ0v) is 13.6. The van der Waals surface area contributed by atoms with Crippen molar-refractivity contribution in [2.75, 3.05) is 0 Å². The normalized spacial score (nSPS) is 9.85. The van der Waals surface area contributed by atoms with Crippen molar-refractivity contribution in [3.63, 3.8) is 0 Å². The minimum Gasteiger partial charge on any atom is -0.478 e. The number of carbonyl (C=O) groups is 2. The van der Waals surface area contributed by atoms with Gasteiger partial charge in [-0.15, -0.1) is 0 Å². The summed E-state index contributed by atoms with van der Waals surface area (Å²) in [6.07, 6.45) is 0. The molecule has 0 aliphatic rings. The monoisotopic (exact) mass is 342 g/mol. The first-order valence-electron chi connectivity index (χ1n) is 7.83. The first kappa shape index (κ1) is 17.0. The molecule has 0 unspecified atom stereocenters. The molecule has 0 aliphatic heterocycles. The van der Waals surface area contributed by atoms with Gasteiger partial charge in [-0.1, -0.05) is 42.2 Å². The number of hydrogen-bond acceptors (Lipinski definition) is 2. The van der Waals surface area contributed by atoms with Gasteiger partial charge in [0.15, 0.2) is 0 Å². The van der Waals surface area contributed by atoms with Crippen LogP contribution >= 0.6 is 0 Å². The molecule has 0 amide bonds. The molecular formula is C22H14O4. The quantitative estimate of drug-likeness (QED) is 0.701. The van der Waals surface area contributed by atoms with E-state index in [1.54, 1.807) is 18.2 Å². The van der Waals surface area contributed by atoms with Crippen LogP contribution in [0.15, 0.2) is 72.8 Å². The molecule has 0 fully saturated rings. The van der Waals surface area contributed by atoms with E-state index in [0.717, 1.165) is 5.56 Å². The topological polar surface area (TPSA) is 74.6 Å². The van der Waals surface area contributed by atoms with Crippen LogP contribution in [-0.4, -0.2) is 22.2 Å². The summed E-state index contributed by atoms with van der Waals surface area (Å²) in [5.74, 6) is 3.87. The molecule has 0 heterocycles. The fourth-order valence-electron chi connectivity index (χ4n) is 2.53. The molecule has 0 saturated carbocycles. The minimum absolute atomic E-state index is 0.0331. The molecule has 0 bridgehead atoms. The summed E-state index contributed by atoms with van der Waals surface area (Å²) in [5, 5.41) is 18.6. The smallest absolute Gasteiger partial charge is 0.336 e. The molecule has 0 atom stereocenters. The van der Waals surface area contributed by atoms with E-state index in [2.05, 4.69) is 11.8 Å². The van der Waals surface area contributed by atoms with E-state index in [9.17, 15) is 19.8 Å². The molecule has 26 heavy (non-hydrogen) atoms. The summed E-state index contributed by atoms with van der Waals surface area (Å²) in [4.78, 5) is 22.7. The second kappa shape index (κ2) is 7.37. The third kappa shape index (κ3) is 3.80. The Morgan fingerprint density at radius 2 is 1.38 bits per heavy atom. The van der Waals surface area contributed by atoms with Gasteiger partial charge >= 0.3 is 11.9 Å². The zero-order chi connectivity index (χ0) is 18.5. The fourth-order valence-corrected chi connectivity index (χ4v) is 2.53. The van der Waals surface area contributed by atoms with Crippen LogP contribution in [-0.2, 0) is 0 Å². The van der Waals surface area contributed by atoms with Gasteiger partial charge in [-0.2, -0.15) is 0 Å². The van der Waals surface area contributed by atoms with Gasteiger partial charge < -0.3 is 10.2 Å². The molecule has 2 N–H and O–H groups in total. The number of aromatic carboxylic acids is 2. The molecule has 4 heteroatoms. The van der Waals surface area contributed by atoms with Crippen molar-refractivity contribution < 1.29 is 19.8 Å². The SMILES string of the molecule is O=C(O)c1ccc(C(=O)O)c(-c2cccc(C#Cc3ccccc3)c2)c1. The molecule has 0 saturated heterocycles. The van der Waals surface area contributed by atoms with Crippen LogP contribution < -0.4 is 0 Å². The predicted octanol–water partition coefficient (Wildman–Crippen LogP) is 4.15. The van der Waals surface area contributed by atoms with Crippen LogP contribution in [0.2, 0.25) is 0 Å². The largest absolute Gasteiger partial charge is 0.478 e. The Labute approximate surface area is 150 Å². The first-order chi connectivity index (χ1) is 12.5. The number of rotatable bonds is 3. The molecule has 0 radical (unpaired) electrons. The maximum atomic E-state index is 11.5. The van der Waals surface area contributed by atoms with Gasteiger partial charge in [0.2, 0.25) is 0 Å². The van der Waals surface area contributed by atoms with Gasteiger partial charge in [0.05, 0.1) is 11.1 Å². The molecule has 3 rings (SSSR count). The molecule has 0 aromatic heterocycles. The Morgan fingerprint density at radius 3 is 2.08 bits per heavy atom. The number of hydrogen-bond donors (Lipinski definition) is 2. The molecular weight excluding hydrogens is 328 g/mol. The third-order valence-electron chi connectivity index (χ3n) is 3.80. The standard InChI is InChI=1S/C22H14O4/c23-21(24)18-11-12-19(22(25)26)20(14-18)17-8-4-7-16(13-17)10-9-15-5-2-1-3-6-15/h1-8,11-14H,(H,23,24)(H,25,26). The van der Waals surface area contributed by atoms with Crippen molar-refractivity contribution in [2.45, 2.75) is 0 Å².